The molecule has 1 aromatic carbocycles. The summed E-state index contributed by atoms with van der Waals surface area (Å²) in [6.07, 6.45) is 9.64. The fourth-order valence-corrected chi connectivity index (χ4v) is 4.17. The molecule has 0 aliphatic carbocycles. The van der Waals surface area contributed by atoms with Gasteiger partial charge in [0, 0.05) is 6.54 Å². The second-order valence-corrected chi connectivity index (χ2v) is 8.01. The third kappa shape index (κ3) is 5.47. The largest absolute Gasteiger partial charge is 0.274 e. The molecule has 3 nitrogen and oxygen atoms in total. The SMILES string of the molecule is CCCCCCCCCCN1C(=O)C(SCC)=C(c2ccccc2)C1=O. The van der Waals surface area contributed by atoms with E-state index in [0.29, 0.717) is 17.0 Å². The maximum Gasteiger partial charge on any atom is 0.267 e. The van der Waals surface area contributed by atoms with Gasteiger partial charge in [0.1, 0.15) is 0 Å². The van der Waals surface area contributed by atoms with Gasteiger partial charge in [-0.1, -0.05) is 89.1 Å². The number of carbonyl (C=O) groups is 2. The second kappa shape index (κ2) is 11.2. The van der Waals surface area contributed by atoms with E-state index in [1.165, 1.54) is 55.2 Å². The normalized spacial score (nSPS) is 14.6. The van der Waals surface area contributed by atoms with Crippen molar-refractivity contribution in [1.29, 1.82) is 0 Å². The van der Waals surface area contributed by atoms with Crippen LogP contribution in [-0.4, -0.2) is 29.0 Å². The maximum atomic E-state index is 12.9. The van der Waals surface area contributed by atoms with Gasteiger partial charge in [0.2, 0.25) is 0 Å². The first-order valence-electron chi connectivity index (χ1n) is 9.99. The number of amides is 2. The van der Waals surface area contributed by atoms with Crippen LogP contribution in [0.3, 0.4) is 0 Å². The number of hydrogen-bond acceptors (Lipinski definition) is 3. The van der Waals surface area contributed by atoms with E-state index in [0.717, 1.165) is 24.2 Å². The van der Waals surface area contributed by atoms with Crippen LogP contribution in [0.25, 0.3) is 5.57 Å². The molecule has 0 atom stereocenters. The molecule has 0 saturated heterocycles. The van der Waals surface area contributed by atoms with Crippen LogP contribution < -0.4 is 0 Å². The van der Waals surface area contributed by atoms with Crippen molar-refractivity contribution in [1.82, 2.24) is 4.90 Å². The van der Waals surface area contributed by atoms with Crippen molar-refractivity contribution >= 4 is 29.1 Å². The Morgan fingerprint density at radius 3 is 2.04 bits per heavy atom. The predicted molar refractivity (Wildman–Crippen MR) is 111 cm³/mol. The number of rotatable bonds is 12. The van der Waals surface area contributed by atoms with Gasteiger partial charge < -0.3 is 0 Å². The zero-order valence-corrected chi connectivity index (χ0v) is 16.9. The molecule has 0 spiro atoms. The van der Waals surface area contributed by atoms with Gasteiger partial charge in [-0.05, 0) is 17.7 Å². The van der Waals surface area contributed by atoms with Gasteiger partial charge in [-0.25, -0.2) is 0 Å². The van der Waals surface area contributed by atoms with E-state index in [1.807, 2.05) is 37.3 Å². The molecule has 0 fully saturated rings. The number of unbranched alkanes of at least 4 members (excludes halogenated alkanes) is 7. The zero-order valence-electron chi connectivity index (χ0n) is 16.1. The van der Waals surface area contributed by atoms with Crippen LogP contribution >= 0.6 is 11.8 Å². The molecule has 0 unspecified atom stereocenters. The maximum absolute atomic E-state index is 12.9. The van der Waals surface area contributed by atoms with E-state index in [9.17, 15) is 9.59 Å². The van der Waals surface area contributed by atoms with E-state index in [4.69, 9.17) is 0 Å². The number of nitrogens with zero attached hydrogens (tertiary/aromatic N) is 1. The van der Waals surface area contributed by atoms with Gasteiger partial charge in [0.15, 0.2) is 0 Å². The number of imide groups is 1. The number of thioether (sulfide) groups is 1. The molecule has 2 rings (SSSR count). The molecule has 1 aromatic rings. The van der Waals surface area contributed by atoms with Crippen LogP contribution in [0.15, 0.2) is 35.2 Å². The highest BCUT2D eigenvalue weighted by molar-refractivity contribution is 8.04. The summed E-state index contributed by atoms with van der Waals surface area (Å²) in [4.78, 5) is 27.7. The molecular formula is C22H31NO2S. The molecule has 0 N–H and O–H groups in total. The van der Waals surface area contributed by atoms with Crippen molar-refractivity contribution < 1.29 is 9.59 Å². The minimum Gasteiger partial charge on any atom is -0.274 e. The van der Waals surface area contributed by atoms with Crippen LogP contribution in [0.5, 0.6) is 0 Å². The van der Waals surface area contributed by atoms with Crippen LogP contribution in [0.4, 0.5) is 0 Å². The number of carbonyl (C=O) groups excluding carboxylic acids is 2. The van der Waals surface area contributed by atoms with Crippen LogP contribution in [0.1, 0.15) is 70.8 Å². The summed E-state index contributed by atoms with van der Waals surface area (Å²) in [5.74, 6) is 0.555. The second-order valence-electron chi connectivity index (χ2n) is 6.74. The lowest BCUT2D eigenvalue weighted by atomic mass is 10.1. The first-order valence-corrected chi connectivity index (χ1v) is 11.0. The highest BCUT2D eigenvalue weighted by Crippen LogP contribution is 2.35. The summed E-state index contributed by atoms with van der Waals surface area (Å²) in [6.45, 7) is 4.78. The number of benzene rings is 1. The van der Waals surface area contributed by atoms with Crippen molar-refractivity contribution in [2.24, 2.45) is 0 Å². The summed E-state index contributed by atoms with van der Waals surface area (Å²) in [6, 6.07) is 9.58. The highest BCUT2D eigenvalue weighted by atomic mass is 32.2. The summed E-state index contributed by atoms with van der Waals surface area (Å²) < 4.78 is 0. The average molecular weight is 374 g/mol. The molecule has 1 aliphatic heterocycles. The summed E-state index contributed by atoms with van der Waals surface area (Å²) in [5.41, 5.74) is 1.43. The van der Waals surface area contributed by atoms with Crippen molar-refractivity contribution in [2.75, 3.05) is 12.3 Å². The molecular weight excluding hydrogens is 342 g/mol. The van der Waals surface area contributed by atoms with Gasteiger partial charge in [0.05, 0.1) is 10.5 Å². The minimum atomic E-state index is -0.125. The molecule has 0 aromatic heterocycles. The fraction of sp³-hybridized carbons (Fsp3) is 0.545. The predicted octanol–water partition coefficient (Wildman–Crippen LogP) is 5.66. The summed E-state index contributed by atoms with van der Waals surface area (Å²) >= 11 is 1.48. The quantitative estimate of drug-likeness (QED) is 0.350. The van der Waals surface area contributed by atoms with Crippen molar-refractivity contribution in [2.45, 2.75) is 65.2 Å². The monoisotopic (exact) mass is 373 g/mol. The van der Waals surface area contributed by atoms with Crippen molar-refractivity contribution in [3.05, 3.63) is 40.8 Å². The van der Waals surface area contributed by atoms with Gasteiger partial charge in [-0.15, -0.1) is 11.8 Å². The smallest absolute Gasteiger partial charge is 0.267 e. The molecule has 2 amide bonds. The van der Waals surface area contributed by atoms with E-state index in [1.54, 1.807) is 0 Å². The Morgan fingerprint density at radius 1 is 0.808 bits per heavy atom. The topological polar surface area (TPSA) is 37.4 Å². The summed E-state index contributed by atoms with van der Waals surface area (Å²) in [7, 11) is 0. The third-order valence-corrected chi connectivity index (χ3v) is 5.67. The molecule has 0 saturated carbocycles. The van der Waals surface area contributed by atoms with Crippen molar-refractivity contribution in [3.63, 3.8) is 0 Å². The average Bonchev–Trinajstić information content (AvgIpc) is 2.89. The first-order chi connectivity index (χ1) is 12.7. The Labute approximate surface area is 162 Å². The van der Waals surface area contributed by atoms with Crippen LogP contribution in [0, 0.1) is 0 Å². The Bertz CT molecular complexity index is 624. The van der Waals surface area contributed by atoms with E-state index >= 15 is 0 Å². The molecule has 1 aliphatic rings. The molecule has 4 heteroatoms. The van der Waals surface area contributed by atoms with Gasteiger partial charge >= 0.3 is 0 Å². The fourth-order valence-electron chi connectivity index (χ4n) is 3.30. The lowest BCUT2D eigenvalue weighted by molar-refractivity contribution is -0.136. The van der Waals surface area contributed by atoms with Crippen molar-refractivity contribution in [3.8, 4) is 0 Å². The van der Waals surface area contributed by atoms with Gasteiger partial charge in [-0.3, -0.25) is 14.5 Å². The Morgan fingerprint density at radius 2 is 1.42 bits per heavy atom. The Hall–Kier alpha value is -1.55. The van der Waals surface area contributed by atoms with Crippen LogP contribution in [0.2, 0.25) is 0 Å². The summed E-state index contributed by atoms with van der Waals surface area (Å²) in [5, 5.41) is 0. The standard InChI is InChI=1S/C22H31NO2S/c1-3-5-6-7-8-9-10-14-17-23-21(24)19(18-15-12-11-13-16-18)20(22(23)25)26-4-2/h11-13,15-16H,3-10,14,17H2,1-2H3. The van der Waals surface area contributed by atoms with E-state index in [-0.39, 0.29) is 11.8 Å². The minimum absolute atomic E-state index is 0.108. The van der Waals surface area contributed by atoms with Gasteiger partial charge in [0.25, 0.3) is 11.8 Å². The lowest BCUT2D eigenvalue weighted by Gasteiger charge is -2.15. The zero-order chi connectivity index (χ0) is 18.8. The van der Waals surface area contributed by atoms with E-state index in [2.05, 4.69) is 6.92 Å². The molecule has 142 valence electrons. The van der Waals surface area contributed by atoms with Gasteiger partial charge in [-0.2, -0.15) is 0 Å². The Kier molecular flexibility index (Phi) is 8.96. The Balaban J connectivity index is 1.90. The molecule has 0 bridgehead atoms. The third-order valence-electron chi connectivity index (χ3n) is 4.71. The molecule has 1 heterocycles. The van der Waals surface area contributed by atoms with Crippen LogP contribution in [-0.2, 0) is 9.59 Å². The first kappa shape index (κ1) is 20.8. The van der Waals surface area contributed by atoms with E-state index < -0.39 is 0 Å². The lowest BCUT2D eigenvalue weighted by Crippen LogP contribution is -2.32. The number of hydrogen-bond donors (Lipinski definition) is 0. The molecule has 0 radical (unpaired) electrons. The highest BCUT2D eigenvalue weighted by Gasteiger charge is 2.38. The molecule has 26 heavy (non-hydrogen) atoms.